The second kappa shape index (κ2) is 5.92. The average molecular weight is 320 g/mol. The van der Waals surface area contributed by atoms with Crippen molar-refractivity contribution < 1.29 is 0 Å². The topological polar surface area (TPSA) is 0 Å². The van der Waals surface area contributed by atoms with E-state index in [4.69, 9.17) is 0 Å². The first kappa shape index (κ1) is 12.3. The van der Waals surface area contributed by atoms with Crippen LogP contribution in [0.4, 0.5) is 0 Å². The molecule has 0 radical (unpaired) electrons. The van der Waals surface area contributed by atoms with Gasteiger partial charge in [0.1, 0.15) is 0 Å². The van der Waals surface area contributed by atoms with Crippen LogP contribution in [0.15, 0.2) is 18.2 Å². The summed E-state index contributed by atoms with van der Waals surface area (Å²) in [5.41, 5.74) is 4.18. The molecular weight excluding hydrogens is 304 g/mol. The fourth-order valence-electron chi connectivity index (χ4n) is 1.67. The monoisotopic (exact) mass is 318 g/mol. The van der Waals surface area contributed by atoms with Crippen molar-refractivity contribution in [2.75, 3.05) is 10.7 Å². The lowest BCUT2D eigenvalue weighted by Crippen LogP contribution is -2.07. The molecule has 1 aromatic rings. The van der Waals surface area contributed by atoms with E-state index in [2.05, 4.69) is 63.9 Å². The SMILES string of the molecule is Cc1cc(C)cc(CC(CBr)CBr)c1. The summed E-state index contributed by atoms with van der Waals surface area (Å²) in [4.78, 5) is 0. The van der Waals surface area contributed by atoms with Crippen LogP contribution in [0.25, 0.3) is 0 Å². The van der Waals surface area contributed by atoms with Crippen LogP contribution in [0.5, 0.6) is 0 Å². The van der Waals surface area contributed by atoms with Crippen molar-refractivity contribution in [3.63, 3.8) is 0 Å². The quantitative estimate of drug-likeness (QED) is 0.728. The van der Waals surface area contributed by atoms with Crippen molar-refractivity contribution in [2.45, 2.75) is 20.3 Å². The van der Waals surface area contributed by atoms with E-state index < -0.39 is 0 Å². The van der Waals surface area contributed by atoms with Crippen LogP contribution < -0.4 is 0 Å². The third kappa shape index (κ3) is 3.74. The van der Waals surface area contributed by atoms with E-state index in [0.717, 1.165) is 17.1 Å². The van der Waals surface area contributed by atoms with Crippen LogP contribution in [0, 0.1) is 19.8 Å². The second-order valence-corrected chi connectivity index (χ2v) is 5.17. The lowest BCUT2D eigenvalue weighted by Gasteiger charge is -2.11. The molecule has 14 heavy (non-hydrogen) atoms. The molecule has 0 aliphatic rings. The molecule has 0 unspecified atom stereocenters. The molecule has 0 bridgehead atoms. The van der Waals surface area contributed by atoms with Gasteiger partial charge in [-0.15, -0.1) is 0 Å². The Labute approximate surface area is 103 Å². The first-order chi connectivity index (χ1) is 6.65. The van der Waals surface area contributed by atoms with Crippen molar-refractivity contribution in [1.82, 2.24) is 0 Å². The minimum Gasteiger partial charge on any atom is -0.0925 e. The van der Waals surface area contributed by atoms with Crippen molar-refractivity contribution in [2.24, 2.45) is 5.92 Å². The third-order valence-electron chi connectivity index (χ3n) is 2.24. The molecular formula is C12H16Br2. The second-order valence-electron chi connectivity index (χ2n) is 3.87. The van der Waals surface area contributed by atoms with Gasteiger partial charge in [-0.05, 0) is 31.7 Å². The summed E-state index contributed by atoms with van der Waals surface area (Å²) in [7, 11) is 0. The van der Waals surface area contributed by atoms with Gasteiger partial charge in [0.25, 0.3) is 0 Å². The Kier molecular flexibility index (Phi) is 5.18. The fraction of sp³-hybridized carbons (Fsp3) is 0.500. The molecule has 0 atom stereocenters. The standard InChI is InChI=1S/C12H16Br2/c1-9-3-10(2)5-11(4-9)6-12(7-13)8-14/h3-5,12H,6-8H2,1-2H3. The Morgan fingerprint density at radius 2 is 1.50 bits per heavy atom. The first-order valence-corrected chi connectivity index (χ1v) is 7.09. The first-order valence-electron chi connectivity index (χ1n) is 4.84. The molecule has 78 valence electrons. The van der Waals surface area contributed by atoms with Crippen molar-refractivity contribution in [1.29, 1.82) is 0 Å². The molecule has 0 saturated heterocycles. The molecule has 0 amide bonds. The van der Waals surface area contributed by atoms with Crippen LogP contribution in [0.2, 0.25) is 0 Å². The van der Waals surface area contributed by atoms with Crippen molar-refractivity contribution >= 4 is 31.9 Å². The number of benzene rings is 1. The van der Waals surface area contributed by atoms with E-state index in [0.29, 0.717) is 5.92 Å². The minimum absolute atomic E-state index is 0.691. The number of hydrogen-bond donors (Lipinski definition) is 0. The average Bonchev–Trinajstić information content (AvgIpc) is 2.12. The molecule has 2 heteroatoms. The highest BCUT2D eigenvalue weighted by Crippen LogP contribution is 2.16. The van der Waals surface area contributed by atoms with Crippen LogP contribution in [-0.2, 0) is 6.42 Å². The molecule has 0 spiro atoms. The smallest absolute Gasteiger partial charge is 0.00708 e. The maximum absolute atomic E-state index is 3.54. The van der Waals surface area contributed by atoms with Gasteiger partial charge in [0, 0.05) is 10.7 Å². The van der Waals surface area contributed by atoms with Gasteiger partial charge in [-0.2, -0.15) is 0 Å². The molecule has 0 saturated carbocycles. The lowest BCUT2D eigenvalue weighted by molar-refractivity contribution is 0.679. The number of halogens is 2. The summed E-state index contributed by atoms with van der Waals surface area (Å²) in [6.45, 7) is 4.32. The molecule has 0 nitrogen and oxygen atoms in total. The van der Waals surface area contributed by atoms with Crippen molar-refractivity contribution in [3.8, 4) is 0 Å². The number of rotatable bonds is 4. The van der Waals surface area contributed by atoms with E-state index in [-0.39, 0.29) is 0 Å². The predicted octanol–water partition coefficient (Wildman–Crippen LogP) is 4.25. The Morgan fingerprint density at radius 1 is 1.00 bits per heavy atom. The van der Waals surface area contributed by atoms with Gasteiger partial charge in [0.15, 0.2) is 0 Å². The predicted molar refractivity (Wildman–Crippen MR) is 70.7 cm³/mol. The van der Waals surface area contributed by atoms with Gasteiger partial charge in [-0.1, -0.05) is 61.2 Å². The summed E-state index contributed by atoms with van der Waals surface area (Å²) in [5.74, 6) is 0.691. The van der Waals surface area contributed by atoms with Gasteiger partial charge in [0.2, 0.25) is 0 Å². The molecule has 0 fully saturated rings. The highest BCUT2D eigenvalue weighted by Gasteiger charge is 2.06. The summed E-state index contributed by atoms with van der Waals surface area (Å²) in [6.07, 6.45) is 1.15. The zero-order valence-corrected chi connectivity index (χ0v) is 11.9. The number of aryl methyl sites for hydroxylation is 2. The summed E-state index contributed by atoms with van der Waals surface area (Å²) >= 11 is 7.08. The van der Waals surface area contributed by atoms with Gasteiger partial charge >= 0.3 is 0 Å². The normalized spacial score (nSPS) is 10.9. The molecule has 1 aromatic carbocycles. The summed E-state index contributed by atoms with van der Waals surface area (Å²) in [6, 6.07) is 6.79. The number of alkyl halides is 2. The number of hydrogen-bond acceptors (Lipinski definition) is 0. The summed E-state index contributed by atoms with van der Waals surface area (Å²) < 4.78 is 0. The largest absolute Gasteiger partial charge is 0.0925 e. The molecule has 1 rings (SSSR count). The highest BCUT2D eigenvalue weighted by atomic mass is 79.9. The van der Waals surface area contributed by atoms with E-state index >= 15 is 0 Å². The zero-order valence-electron chi connectivity index (χ0n) is 8.69. The van der Waals surface area contributed by atoms with Gasteiger partial charge in [-0.3, -0.25) is 0 Å². The van der Waals surface area contributed by atoms with Crippen LogP contribution in [0.3, 0.4) is 0 Å². The van der Waals surface area contributed by atoms with E-state index in [9.17, 15) is 0 Å². The van der Waals surface area contributed by atoms with Crippen LogP contribution in [0.1, 0.15) is 16.7 Å². The van der Waals surface area contributed by atoms with Crippen LogP contribution >= 0.6 is 31.9 Å². The van der Waals surface area contributed by atoms with Gasteiger partial charge < -0.3 is 0 Å². The zero-order chi connectivity index (χ0) is 10.6. The minimum atomic E-state index is 0.691. The Balaban J connectivity index is 2.75. The van der Waals surface area contributed by atoms with Crippen LogP contribution in [-0.4, -0.2) is 10.7 Å². The highest BCUT2D eigenvalue weighted by molar-refractivity contribution is 9.09. The molecule has 0 heterocycles. The van der Waals surface area contributed by atoms with Gasteiger partial charge in [-0.25, -0.2) is 0 Å². The third-order valence-corrected chi connectivity index (χ3v) is 4.07. The summed E-state index contributed by atoms with van der Waals surface area (Å²) in [5, 5.41) is 2.12. The molecule has 0 N–H and O–H groups in total. The van der Waals surface area contributed by atoms with E-state index in [1.54, 1.807) is 0 Å². The Bertz CT molecular complexity index is 270. The Morgan fingerprint density at radius 3 is 1.93 bits per heavy atom. The molecule has 0 aliphatic carbocycles. The molecule has 0 aromatic heterocycles. The van der Waals surface area contributed by atoms with Gasteiger partial charge in [0.05, 0.1) is 0 Å². The Hall–Kier alpha value is 0.180. The van der Waals surface area contributed by atoms with E-state index in [1.165, 1.54) is 16.7 Å². The fourth-order valence-corrected chi connectivity index (χ4v) is 3.20. The maximum atomic E-state index is 3.54. The molecule has 0 aliphatic heterocycles. The lowest BCUT2D eigenvalue weighted by atomic mass is 9.99. The van der Waals surface area contributed by atoms with Crippen molar-refractivity contribution in [3.05, 3.63) is 34.9 Å². The maximum Gasteiger partial charge on any atom is 0.00708 e. The van der Waals surface area contributed by atoms with E-state index in [1.807, 2.05) is 0 Å².